The fraction of sp³-hybridized carbons (Fsp3) is 0.429. The molecule has 0 bridgehead atoms. The van der Waals surface area contributed by atoms with Crippen molar-refractivity contribution in [2.75, 3.05) is 45.8 Å². The van der Waals surface area contributed by atoms with E-state index in [1.54, 1.807) is 38.4 Å². The predicted octanol–water partition coefficient (Wildman–Crippen LogP) is -0.0141. The fourth-order valence-corrected chi connectivity index (χ4v) is 1.44. The Morgan fingerprint density at radius 2 is 1.86 bits per heavy atom. The van der Waals surface area contributed by atoms with Crippen molar-refractivity contribution in [2.24, 2.45) is 0 Å². The van der Waals surface area contributed by atoms with E-state index in [1.807, 2.05) is 0 Å². The van der Waals surface area contributed by atoms with Gasteiger partial charge in [-0.25, -0.2) is 0 Å². The Morgan fingerprint density at radius 1 is 1.14 bits per heavy atom. The van der Waals surface area contributed by atoms with Crippen LogP contribution in [0, 0.1) is 0 Å². The molecule has 2 amide bonds. The molecule has 21 heavy (non-hydrogen) atoms. The van der Waals surface area contributed by atoms with Gasteiger partial charge in [0.05, 0.1) is 13.2 Å². The molecule has 0 heterocycles. The van der Waals surface area contributed by atoms with E-state index in [0.717, 1.165) is 0 Å². The van der Waals surface area contributed by atoms with Crippen molar-refractivity contribution < 1.29 is 19.1 Å². The first-order valence-electron chi connectivity index (χ1n) is 6.58. The summed E-state index contributed by atoms with van der Waals surface area (Å²) in [5.41, 5.74) is 0.667. The molecule has 0 aliphatic carbocycles. The van der Waals surface area contributed by atoms with Gasteiger partial charge in [-0.05, 0) is 24.3 Å². The molecule has 0 saturated heterocycles. The highest BCUT2D eigenvalue weighted by Crippen LogP contribution is 2.15. The van der Waals surface area contributed by atoms with Gasteiger partial charge in [0.25, 0.3) is 5.91 Å². The van der Waals surface area contributed by atoms with E-state index in [1.165, 1.54) is 0 Å². The minimum atomic E-state index is -0.200. The van der Waals surface area contributed by atoms with Gasteiger partial charge in [-0.1, -0.05) is 0 Å². The van der Waals surface area contributed by atoms with Crippen molar-refractivity contribution in [3.05, 3.63) is 24.3 Å². The first kappa shape index (κ1) is 16.9. The van der Waals surface area contributed by atoms with E-state index in [2.05, 4.69) is 16.0 Å². The highest BCUT2D eigenvalue weighted by molar-refractivity contribution is 5.92. The first-order valence-corrected chi connectivity index (χ1v) is 6.58. The highest BCUT2D eigenvalue weighted by Gasteiger charge is 2.03. The minimum absolute atomic E-state index is 0.0361. The molecular weight excluding hydrogens is 274 g/mol. The van der Waals surface area contributed by atoms with E-state index in [0.29, 0.717) is 24.6 Å². The van der Waals surface area contributed by atoms with E-state index < -0.39 is 0 Å². The first-order chi connectivity index (χ1) is 10.2. The lowest BCUT2D eigenvalue weighted by molar-refractivity contribution is -0.122. The maximum Gasteiger partial charge on any atom is 0.257 e. The van der Waals surface area contributed by atoms with E-state index >= 15 is 0 Å². The normalized spacial score (nSPS) is 10.0. The second-order valence-electron chi connectivity index (χ2n) is 4.20. The number of anilines is 1. The predicted molar refractivity (Wildman–Crippen MR) is 79.4 cm³/mol. The number of methoxy groups -OCH3 is 1. The monoisotopic (exact) mass is 295 g/mol. The van der Waals surface area contributed by atoms with E-state index in [4.69, 9.17) is 9.47 Å². The molecule has 0 atom stereocenters. The van der Waals surface area contributed by atoms with Crippen LogP contribution < -0.4 is 20.7 Å². The summed E-state index contributed by atoms with van der Waals surface area (Å²) in [7, 11) is 3.15. The van der Waals surface area contributed by atoms with Gasteiger partial charge in [0.15, 0.2) is 6.61 Å². The van der Waals surface area contributed by atoms with Crippen LogP contribution >= 0.6 is 0 Å². The lowest BCUT2D eigenvalue weighted by atomic mass is 10.3. The minimum Gasteiger partial charge on any atom is -0.484 e. The average molecular weight is 295 g/mol. The molecule has 0 aliphatic heterocycles. The molecule has 116 valence electrons. The molecule has 7 nitrogen and oxygen atoms in total. The number of ether oxygens (including phenoxy) is 2. The molecule has 1 rings (SSSR count). The smallest absolute Gasteiger partial charge is 0.257 e. The maximum absolute atomic E-state index is 11.6. The topological polar surface area (TPSA) is 88.7 Å². The summed E-state index contributed by atoms with van der Waals surface area (Å²) < 4.78 is 10.1. The Bertz CT molecular complexity index is 448. The summed E-state index contributed by atoms with van der Waals surface area (Å²) >= 11 is 0. The van der Waals surface area contributed by atoms with Gasteiger partial charge < -0.3 is 25.4 Å². The van der Waals surface area contributed by atoms with Gasteiger partial charge >= 0.3 is 0 Å². The largest absolute Gasteiger partial charge is 0.484 e. The molecule has 0 fully saturated rings. The summed E-state index contributed by atoms with van der Waals surface area (Å²) in [5.74, 6) is 0.231. The standard InChI is InChI=1S/C14H21N3O4/c1-15-14(19)10-21-12-5-3-11(4-6-12)17-13(18)9-16-7-8-20-2/h3-6,16H,7-10H2,1-2H3,(H,15,19)(H,17,18). The molecule has 1 aromatic rings. The third kappa shape index (κ3) is 7.28. The average Bonchev–Trinajstić information content (AvgIpc) is 2.50. The van der Waals surface area contributed by atoms with Crippen LogP contribution in [0.2, 0.25) is 0 Å². The third-order valence-corrected chi connectivity index (χ3v) is 2.56. The lowest BCUT2D eigenvalue weighted by Crippen LogP contribution is -2.30. The van der Waals surface area contributed by atoms with Gasteiger partial charge in [0.1, 0.15) is 5.75 Å². The van der Waals surface area contributed by atoms with Gasteiger partial charge in [-0.15, -0.1) is 0 Å². The van der Waals surface area contributed by atoms with Crippen LogP contribution in [0.25, 0.3) is 0 Å². The highest BCUT2D eigenvalue weighted by atomic mass is 16.5. The Balaban J connectivity index is 2.33. The number of benzene rings is 1. The molecule has 0 aromatic heterocycles. The van der Waals surface area contributed by atoms with Crippen molar-refractivity contribution in [1.29, 1.82) is 0 Å². The number of rotatable bonds is 9. The number of amides is 2. The Kier molecular flexibility index (Phi) is 7.85. The van der Waals surface area contributed by atoms with Crippen LogP contribution in [0.5, 0.6) is 5.75 Å². The summed E-state index contributed by atoms with van der Waals surface area (Å²) in [6.45, 7) is 1.37. The molecule has 0 radical (unpaired) electrons. The molecule has 1 aromatic carbocycles. The Labute approximate surface area is 124 Å². The van der Waals surface area contributed by atoms with Gasteiger partial charge in [-0.3, -0.25) is 9.59 Å². The van der Waals surface area contributed by atoms with Gasteiger partial charge in [-0.2, -0.15) is 0 Å². The van der Waals surface area contributed by atoms with Crippen LogP contribution in [0.1, 0.15) is 0 Å². The van der Waals surface area contributed by atoms with Gasteiger partial charge in [0.2, 0.25) is 5.91 Å². The number of carbonyl (C=O) groups excluding carboxylic acids is 2. The molecule has 0 aliphatic rings. The van der Waals surface area contributed by atoms with Gasteiger partial charge in [0, 0.05) is 26.4 Å². The third-order valence-electron chi connectivity index (χ3n) is 2.56. The van der Waals surface area contributed by atoms with Crippen LogP contribution in [-0.4, -0.2) is 52.3 Å². The van der Waals surface area contributed by atoms with E-state index in [9.17, 15) is 9.59 Å². The summed E-state index contributed by atoms with van der Waals surface area (Å²) in [5, 5.41) is 8.16. The molecule has 3 N–H and O–H groups in total. The number of carbonyl (C=O) groups is 2. The molecule has 0 unspecified atom stereocenters. The number of hydrogen-bond acceptors (Lipinski definition) is 5. The van der Waals surface area contributed by atoms with Crippen molar-refractivity contribution >= 4 is 17.5 Å². The SMILES string of the molecule is CNC(=O)COc1ccc(NC(=O)CNCCOC)cc1. The zero-order valence-electron chi connectivity index (χ0n) is 12.3. The molecular formula is C14H21N3O4. The van der Waals surface area contributed by atoms with Crippen LogP contribution in [0.4, 0.5) is 5.69 Å². The van der Waals surface area contributed by atoms with Crippen LogP contribution in [-0.2, 0) is 14.3 Å². The lowest BCUT2D eigenvalue weighted by Gasteiger charge is -2.08. The second kappa shape index (κ2) is 9.73. The fourth-order valence-electron chi connectivity index (χ4n) is 1.44. The second-order valence-corrected chi connectivity index (χ2v) is 4.20. The zero-order chi connectivity index (χ0) is 15.5. The molecule has 7 heteroatoms. The van der Waals surface area contributed by atoms with Crippen molar-refractivity contribution in [2.45, 2.75) is 0 Å². The van der Waals surface area contributed by atoms with Crippen LogP contribution in [0.3, 0.4) is 0 Å². The van der Waals surface area contributed by atoms with Crippen molar-refractivity contribution in [3.63, 3.8) is 0 Å². The van der Waals surface area contributed by atoms with Crippen molar-refractivity contribution in [3.8, 4) is 5.75 Å². The molecule has 0 spiro atoms. The summed E-state index contributed by atoms with van der Waals surface area (Å²) in [6, 6.07) is 6.81. The quantitative estimate of drug-likeness (QED) is 0.558. The molecule has 0 saturated carbocycles. The number of hydrogen-bond donors (Lipinski definition) is 3. The van der Waals surface area contributed by atoms with E-state index in [-0.39, 0.29) is 25.0 Å². The Hall–Kier alpha value is -2.12. The number of likely N-dealkylation sites (N-methyl/N-ethyl adjacent to an activating group) is 1. The summed E-state index contributed by atoms with van der Waals surface area (Å²) in [6.07, 6.45) is 0. The maximum atomic E-state index is 11.6. The van der Waals surface area contributed by atoms with Crippen LogP contribution in [0.15, 0.2) is 24.3 Å². The Morgan fingerprint density at radius 3 is 2.48 bits per heavy atom. The number of nitrogens with one attached hydrogen (secondary N) is 3. The zero-order valence-corrected chi connectivity index (χ0v) is 12.3. The van der Waals surface area contributed by atoms with Crippen molar-refractivity contribution in [1.82, 2.24) is 10.6 Å². The summed E-state index contributed by atoms with van der Waals surface area (Å²) in [4.78, 5) is 22.7.